The van der Waals surface area contributed by atoms with Gasteiger partial charge in [0.1, 0.15) is 0 Å². The fourth-order valence-corrected chi connectivity index (χ4v) is 3.71. The smallest absolute Gasteiger partial charge is 0.251 e. The van der Waals surface area contributed by atoms with Gasteiger partial charge in [0, 0.05) is 55.9 Å². The number of aromatic nitrogens is 5. The van der Waals surface area contributed by atoms with E-state index in [2.05, 4.69) is 20.4 Å². The van der Waals surface area contributed by atoms with Crippen LogP contribution in [0.5, 0.6) is 0 Å². The lowest BCUT2D eigenvalue weighted by molar-refractivity contribution is 0.0955. The van der Waals surface area contributed by atoms with Crippen LogP contribution >= 0.6 is 0 Å². The molecule has 0 saturated carbocycles. The van der Waals surface area contributed by atoms with Crippen molar-refractivity contribution in [1.29, 1.82) is 0 Å². The first-order valence-electron chi connectivity index (χ1n) is 9.76. The Morgan fingerprint density at radius 3 is 2.73 bits per heavy atom. The summed E-state index contributed by atoms with van der Waals surface area (Å²) in [4.78, 5) is 21.6. The van der Waals surface area contributed by atoms with Crippen molar-refractivity contribution < 1.29 is 4.79 Å². The molecule has 0 fully saturated rings. The number of hydrogen-bond donors (Lipinski definition) is 1. The molecule has 3 aromatic heterocycles. The molecule has 0 bridgehead atoms. The molecule has 0 aliphatic heterocycles. The van der Waals surface area contributed by atoms with E-state index in [1.54, 1.807) is 10.9 Å². The Morgan fingerprint density at radius 1 is 1.07 bits per heavy atom. The number of imidazole rings is 1. The minimum atomic E-state index is -0.0918. The summed E-state index contributed by atoms with van der Waals surface area (Å²) in [7, 11) is 1.90. The summed E-state index contributed by atoms with van der Waals surface area (Å²) in [6.07, 6.45) is 10.0. The molecule has 0 atom stereocenters. The van der Waals surface area contributed by atoms with Crippen LogP contribution in [0.4, 0.5) is 0 Å². The Bertz CT molecular complexity index is 1330. The third-order valence-corrected chi connectivity index (χ3v) is 5.14. The van der Waals surface area contributed by atoms with Gasteiger partial charge in [-0.3, -0.25) is 13.9 Å². The lowest BCUT2D eigenvalue weighted by Gasteiger charge is -2.11. The predicted octanol–water partition coefficient (Wildman–Crippen LogP) is 3.26. The number of nitrogens with one attached hydrogen (secondary N) is 1. The third kappa shape index (κ3) is 3.30. The lowest BCUT2D eigenvalue weighted by atomic mass is 9.96. The standard InChI is InChI=1S/C23H20N6O/c1-28-14-16(13-26-28)18-7-8-21(20-6-3-2-5-19(18)20)22(30)24-11-9-17-15-29-12-4-10-25-23(29)27-17/h2-8,10,12-15H,9,11H2,1H3,(H,24,30). The maximum atomic E-state index is 12.9. The van der Waals surface area contributed by atoms with E-state index < -0.39 is 0 Å². The molecule has 30 heavy (non-hydrogen) atoms. The van der Waals surface area contributed by atoms with E-state index in [9.17, 15) is 4.79 Å². The lowest BCUT2D eigenvalue weighted by Crippen LogP contribution is -2.26. The van der Waals surface area contributed by atoms with Gasteiger partial charge in [0.05, 0.1) is 11.9 Å². The first-order valence-corrected chi connectivity index (χ1v) is 9.76. The van der Waals surface area contributed by atoms with Gasteiger partial charge in [0.15, 0.2) is 0 Å². The average molecular weight is 396 g/mol. The highest BCUT2D eigenvalue weighted by Gasteiger charge is 2.14. The molecule has 0 saturated heterocycles. The number of aryl methyl sites for hydroxylation is 1. The molecule has 0 aliphatic carbocycles. The number of nitrogens with zero attached hydrogens (tertiary/aromatic N) is 5. The molecule has 3 heterocycles. The summed E-state index contributed by atoms with van der Waals surface area (Å²) in [6, 6.07) is 13.7. The van der Waals surface area contributed by atoms with Gasteiger partial charge in [-0.15, -0.1) is 0 Å². The minimum absolute atomic E-state index is 0.0918. The molecule has 0 aliphatic rings. The van der Waals surface area contributed by atoms with Crippen molar-refractivity contribution in [1.82, 2.24) is 29.5 Å². The quantitative estimate of drug-likeness (QED) is 0.495. The maximum Gasteiger partial charge on any atom is 0.251 e. The van der Waals surface area contributed by atoms with Crippen LogP contribution in [-0.4, -0.2) is 36.6 Å². The van der Waals surface area contributed by atoms with Crippen LogP contribution < -0.4 is 5.32 Å². The van der Waals surface area contributed by atoms with Gasteiger partial charge >= 0.3 is 0 Å². The number of carbonyl (C=O) groups excluding carboxylic acids is 1. The average Bonchev–Trinajstić information content (AvgIpc) is 3.38. The van der Waals surface area contributed by atoms with E-state index in [1.807, 2.05) is 78.7 Å². The van der Waals surface area contributed by atoms with Gasteiger partial charge in [0.2, 0.25) is 5.78 Å². The highest BCUT2D eigenvalue weighted by Crippen LogP contribution is 2.30. The molecular formula is C23H20N6O. The molecule has 1 amide bonds. The zero-order valence-corrected chi connectivity index (χ0v) is 16.5. The van der Waals surface area contributed by atoms with Gasteiger partial charge in [-0.25, -0.2) is 9.97 Å². The third-order valence-electron chi connectivity index (χ3n) is 5.14. The molecule has 148 valence electrons. The van der Waals surface area contributed by atoms with Gasteiger partial charge in [-0.1, -0.05) is 30.3 Å². The molecule has 1 N–H and O–H groups in total. The summed E-state index contributed by atoms with van der Waals surface area (Å²) in [6.45, 7) is 0.501. The molecule has 7 nitrogen and oxygen atoms in total. The van der Waals surface area contributed by atoms with Crippen molar-refractivity contribution >= 4 is 22.5 Å². The maximum absolute atomic E-state index is 12.9. The van der Waals surface area contributed by atoms with Crippen molar-refractivity contribution in [2.45, 2.75) is 6.42 Å². The topological polar surface area (TPSA) is 77.1 Å². The minimum Gasteiger partial charge on any atom is -0.352 e. The number of amides is 1. The second-order valence-corrected chi connectivity index (χ2v) is 7.17. The largest absolute Gasteiger partial charge is 0.352 e. The van der Waals surface area contributed by atoms with E-state index in [4.69, 9.17) is 0 Å². The fourth-order valence-electron chi connectivity index (χ4n) is 3.71. The second kappa shape index (κ2) is 7.44. The van der Waals surface area contributed by atoms with Crippen LogP contribution in [0.3, 0.4) is 0 Å². The fraction of sp³-hybridized carbons (Fsp3) is 0.130. The number of benzene rings is 2. The highest BCUT2D eigenvalue weighted by molar-refractivity contribution is 6.10. The van der Waals surface area contributed by atoms with E-state index in [0.29, 0.717) is 24.3 Å². The molecule has 0 unspecified atom stereocenters. The Labute approximate surface area is 173 Å². The molecule has 0 spiro atoms. The van der Waals surface area contributed by atoms with Crippen LogP contribution in [0.1, 0.15) is 16.1 Å². The zero-order valence-electron chi connectivity index (χ0n) is 16.5. The van der Waals surface area contributed by atoms with Crippen LogP contribution in [0.2, 0.25) is 0 Å². The predicted molar refractivity (Wildman–Crippen MR) is 115 cm³/mol. The van der Waals surface area contributed by atoms with Gasteiger partial charge < -0.3 is 5.32 Å². The van der Waals surface area contributed by atoms with E-state index >= 15 is 0 Å². The zero-order chi connectivity index (χ0) is 20.5. The summed E-state index contributed by atoms with van der Waals surface area (Å²) in [5, 5.41) is 9.25. The van der Waals surface area contributed by atoms with E-state index in [1.165, 1.54) is 0 Å². The van der Waals surface area contributed by atoms with Gasteiger partial charge in [-0.2, -0.15) is 5.10 Å². The van der Waals surface area contributed by atoms with Crippen molar-refractivity contribution in [3.63, 3.8) is 0 Å². The number of fused-ring (bicyclic) bond motifs is 2. The van der Waals surface area contributed by atoms with Gasteiger partial charge in [0.25, 0.3) is 5.91 Å². The number of carbonyl (C=O) groups is 1. The number of hydrogen-bond acceptors (Lipinski definition) is 4. The van der Waals surface area contributed by atoms with E-state index in [-0.39, 0.29) is 5.91 Å². The van der Waals surface area contributed by atoms with Crippen LogP contribution in [0, 0.1) is 0 Å². The Kier molecular flexibility index (Phi) is 4.48. The first kappa shape index (κ1) is 18.1. The molecule has 7 heteroatoms. The monoisotopic (exact) mass is 396 g/mol. The van der Waals surface area contributed by atoms with Crippen LogP contribution in [0.25, 0.3) is 27.7 Å². The van der Waals surface area contributed by atoms with Crippen molar-refractivity contribution in [2.24, 2.45) is 7.05 Å². The SMILES string of the molecule is Cn1cc(-c2ccc(C(=O)NCCc3cn4cccnc4n3)c3ccccc23)cn1. The molecule has 2 aromatic carbocycles. The van der Waals surface area contributed by atoms with Crippen LogP contribution in [-0.2, 0) is 13.5 Å². The van der Waals surface area contributed by atoms with E-state index in [0.717, 1.165) is 27.6 Å². The van der Waals surface area contributed by atoms with Gasteiger partial charge in [-0.05, 0) is 28.5 Å². The van der Waals surface area contributed by atoms with Crippen molar-refractivity contribution in [3.05, 3.63) is 84.7 Å². The summed E-state index contributed by atoms with van der Waals surface area (Å²) in [5.41, 5.74) is 3.65. The molecule has 5 aromatic rings. The van der Waals surface area contributed by atoms with Crippen LogP contribution in [0.15, 0.2) is 73.4 Å². The molecular weight excluding hydrogens is 376 g/mol. The number of rotatable bonds is 5. The molecule has 5 rings (SSSR count). The second-order valence-electron chi connectivity index (χ2n) is 7.17. The van der Waals surface area contributed by atoms with Crippen molar-refractivity contribution in [2.75, 3.05) is 6.54 Å². The highest BCUT2D eigenvalue weighted by atomic mass is 16.1. The Hall–Kier alpha value is -4.00. The Balaban J connectivity index is 1.37. The molecule has 0 radical (unpaired) electrons. The normalized spacial score (nSPS) is 11.2. The first-order chi connectivity index (χ1) is 14.7. The Morgan fingerprint density at radius 2 is 1.93 bits per heavy atom. The van der Waals surface area contributed by atoms with Crippen molar-refractivity contribution in [3.8, 4) is 11.1 Å². The summed E-state index contributed by atoms with van der Waals surface area (Å²) in [5.74, 6) is 0.571. The summed E-state index contributed by atoms with van der Waals surface area (Å²) < 4.78 is 3.65. The summed E-state index contributed by atoms with van der Waals surface area (Å²) >= 11 is 0.